The van der Waals surface area contributed by atoms with Crippen LogP contribution < -0.4 is 16.6 Å². The van der Waals surface area contributed by atoms with Crippen LogP contribution in [0.2, 0.25) is 0 Å². The number of carbonyl (C=O) groups excluding carboxylic acids is 1. The Bertz CT molecular complexity index is 1700. The maximum atomic E-state index is 13.3. The van der Waals surface area contributed by atoms with Crippen LogP contribution in [0.1, 0.15) is 24.1 Å². The molecule has 0 aliphatic heterocycles. The van der Waals surface area contributed by atoms with Gasteiger partial charge in [0, 0.05) is 31.8 Å². The van der Waals surface area contributed by atoms with E-state index in [-0.39, 0.29) is 28.5 Å². The number of hydrogen-bond donors (Lipinski definition) is 1. The van der Waals surface area contributed by atoms with Gasteiger partial charge in [0.05, 0.1) is 6.54 Å². The molecule has 15 heteroatoms. The number of nitrogens with one attached hydrogen (secondary N) is 1. The summed E-state index contributed by atoms with van der Waals surface area (Å²) in [6, 6.07) is 1.87. The van der Waals surface area contributed by atoms with E-state index in [1.807, 2.05) is 0 Å². The van der Waals surface area contributed by atoms with Crippen LogP contribution in [0.15, 0.2) is 26.9 Å². The summed E-state index contributed by atoms with van der Waals surface area (Å²) in [5, 5.41) is 1.91. The Morgan fingerprint density at radius 3 is 2.42 bits per heavy atom. The summed E-state index contributed by atoms with van der Waals surface area (Å²) in [4.78, 5) is 44.6. The number of anilines is 1. The lowest BCUT2D eigenvalue weighted by molar-refractivity contribution is -0.141. The quantitative estimate of drug-likeness (QED) is 0.495. The highest BCUT2D eigenvalue weighted by Crippen LogP contribution is 2.32. The second-order valence-electron chi connectivity index (χ2n) is 8.32. The molecule has 3 heterocycles. The minimum atomic E-state index is -4.80. The van der Waals surface area contributed by atoms with E-state index >= 15 is 0 Å². The number of fused-ring (bicyclic) bond motifs is 1. The molecule has 36 heavy (non-hydrogen) atoms. The zero-order valence-electron chi connectivity index (χ0n) is 19.2. The Labute approximate surface area is 201 Å². The largest absolute Gasteiger partial charge is 0.433 e. The van der Waals surface area contributed by atoms with Gasteiger partial charge in [-0.2, -0.15) is 18.2 Å². The minimum Gasteiger partial charge on any atom is -0.312 e. The Balaban J connectivity index is 1.77. The molecule has 0 atom stereocenters. The number of aromatic nitrogens is 5. The van der Waals surface area contributed by atoms with Gasteiger partial charge in [-0.05, 0) is 25.0 Å². The molecule has 1 N–H and O–H groups in total. The minimum absolute atomic E-state index is 0.129. The van der Waals surface area contributed by atoms with E-state index in [0.717, 1.165) is 20.0 Å². The molecule has 1 saturated carbocycles. The summed E-state index contributed by atoms with van der Waals surface area (Å²) < 4.78 is 66.8. The van der Waals surface area contributed by atoms with Crippen molar-refractivity contribution in [3.05, 3.63) is 44.2 Å². The van der Waals surface area contributed by atoms with Gasteiger partial charge in [0.15, 0.2) is 11.2 Å². The van der Waals surface area contributed by atoms with Crippen LogP contribution >= 0.6 is 0 Å². The summed E-state index contributed by atoms with van der Waals surface area (Å²) >= 11 is 0. The summed E-state index contributed by atoms with van der Waals surface area (Å²) in [7, 11) is -1.35. The van der Waals surface area contributed by atoms with Gasteiger partial charge >= 0.3 is 11.9 Å². The molecule has 1 amide bonds. The number of imidazole rings is 1. The van der Waals surface area contributed by atoms with E-state index in [1.165, 1.54) is 20.2 Å². The first-order chi connectivity index (χ1) is 16.7. The number of rotatable bonds is 4. The standard InChI is InChI=1S/C21H19F3N6O5S/c1-28-15-16(27-19(28)36(3,34)35)30(20(33)29(2)18(15)32)8-4-5-11-9-13(21(22,23)24)25-14(10-11)26-17(31)12-6-7-12/h9-10,12H,6-8H2,1-3H3,(H,25,26,31). The van der Waals surface area contributed by atoms with E-state index in [9.17, 15) is 36.0 Å². The average Bonchev–Trinajstić information content (AvgIpc) is 3.56. The Hall–Kier alpha value is -3.93. The van der Waals surface area contributed by atoms with Crippen molar-refractivity contribution < 1.29 is 26.4 Å². The fourth-order valence-electron chi connectivity index (χ4n) is 3.49. The van der Waals surface area contributed by atoms with Gasteiger partial charge < -0.3 is 9.88 Å². The third-order valence-electron chi connectivity index (χ3n) is 5.43. The van der Waals surface area contributed by atoms with Crippen LogP contribution in [0.25, 0.3) is 11.2 Å². The molecule has 3 aromatic heterocycles. The lowest BCUT2D eigenvalue weighted by Gasteiger charge is -2.10. The smallest absolute Gasteiger partial charge is 0.312 e. The maximum Gasteiger partial charge on any atom is 0.433 e. The zero-order chi connectivity index (χ0) is 26.6. The Morgan fingerprint density at radius 2 is 1.83 bits per heavy atom. The van der Waals surface area contributed by atoms with Gasteiger partial charge in [-0.1, -0.05) is 11.8 Å². The number of hydrogen-bond acceptors (Lipinski definition) is 7. The molecule has 1 aliphatic rings. The molecule has 0 aromatic carbocycles. The molecule has 4 rings (SSSR count). The number of pyridine rings is 1. The predicted molar refractivity (Wildman–Crippen MR) is 121 cm³/mol. The number of nitrogens with zero attached hydrogens (tertiary/aromatic N) is 5. The van der Waals surface area contributed by atoms with Crippen LogP contribution in [-0.2, 0) is 41.4 Å². The van der Waals surface area contributed by atoms with Gasteiger partial charge in [-0.15, -0.1) is 0 Å². The number of aryl methyl sites for hydroxylation is 1. The second-order valence-corrected chi connectivity index (χ2v) is 10.2. The molecule has 190 valence electrons. The van der Waals surface area contributed by atoms with Crippen LogP contribution in [-0.4, -0.2) is 44.3 Å². The summed E-state index contributed by atoms with van der Waals surface area (Å²) in [6.45, 7) is -0.420. The van der Waals surface area contributed by atoms with E-state index in [4.69, 9.17) is 0 Å². The van der Waals surface area contributed by atoms with Crippen molar-refractivity contribution in [1.29, 1.82) is 0 Å². The van der Waals surface area contributed by atoms with Gasteiger partial charge in [-0.3, -0.25) is 18.7 Å². The number of carbonyl (C=O) groups is 1. The first-order valence-corrected chi connectivity index (χ1v) is 12.3. The maximum absolute atomic E-state index is 13.3. The number of halogens is 3. The molecule has 0 spiro atoms. The molecule has 3 aromatic rings. The number of sulfone groups is 1. The van der Waals surface area contributed by atoms with Crippen LogP contribution in [0.4, 0.5) is 19.0 Å². The van der Waals surface area contributed by atoms with Gasteiger partial charge in [0.2, 0.25) is 20.9 Å². The summed E-state index contributed by atoms with van der Waals surface area (Å²) in [6.07, 6.45) is -2.61. The zero-order valence-corrected chi connectivity index (χ0v) is 20.0. The van der Waals surface area contributed by atoms with Crippen LogP contribution in [0.3, 0.4) is 0 Å². The summed E-state index contributed by atoms with van der Waals surface area (Å²) in [5.74, 6) is 4.05. The predicted octanol–water partition coefficient (Wildman–Crippen LogP) is 0.651. The monoisotopic (exact) mass is 524 g/mol. The normalized spacial score (nSPS) is 13.9. The molecule has 11 nitrogen and oxygen atoms in total. The highest BCUT2D eigenvalue weighted by atomic mass is 32.2. The lowest BCUT2D eigenvalue weighted by atomic mass is 10.2. The molecule has 0 saturated heterocycles. The lowest BCUT2D eigenvalue weighted by Crippen LogP contribution is -2.38. The highest BCUT2D eigenvalue weighted by Gasteiger charge is 2.34. The first kappa shape index (κ1) is 25.2. The van der Waals surface area contributed by atoms with Crippen molar-refractivity contribution in [2.75, 3.05) is 11.6 Å². The molecule has 1 fully saturated rings. The van der Waals surface area contributed by atoms with Crippen molar-refractivity contribution in [2.24, 2.45) is 20.0 Å². The molecule has 0 unspecified atom stereocenters. The van der Waals surface area contributed by atoms with E-state index in [2.05, 4.69) is 27.1 Å². The van der Waals surface area contributed by atoms with E-state index < -0.39 is 50.6 Å². The van der Waals surface area contributed by atoms with Crippen molar-refractivity contribution >= 4 is 32.7 Å². The SMILES string of the molecule is Cn1c(=O)c2c(nc(S(C)(=O)=O)n2C)n(CC#Cc2cc(NC(=O)C3CC3)nc(C(F)(F)F)c2)c1=O. The van der Waals surface area contributed by atoms with Gasteiger partial charge in [0.1, 0.15) is 11.5 Å². The van der Waals surface area contributed by atoms with Gasteiger partial charge in [0.25, 0.3) is 5.56 Å². The first-order valence-electron chi connectivity index (χ1n) is 10.4. The van der Waals surface area contributed by atoms with Crippen molar-refractivity contribution in [2.45, 2.75) is 30.7 Å². The number of alkyl halides is 3. The van der Waals surface area contributed by atoms with Crippen molar-refractivity contribution in [3.8, 4) is 11.8 Å². The van der Waals surface area contributed by atoms with Crippen molar-refractivity contribution in [3.63, 3.8) is 0 Å². The molecular weight excluding hydrogens is 505 g/mol. The Morgan fingerprint density at radius 1 is 1.17 bits per heavy atom. The fourth-order valence-corrected chi connectivity index (χ4v) is 4.33. The third-order valence-corrected chi connectivity index (χ3v) is 6.46. The molecule has 0 bridgehead atoms. The number of amides is 1. The fraction of sp³-hybridized carbons (Fsp3) is 0.381. The second kappa shape index (κ2) is 8.63. The van der Waals surface area contributed by atoms with Crippen LogP contribution in [0.5, 0.6) is 0 Å². The Kier molecular flexibility index (Phi) is 6.03. The van der Waals surface area contributed by atoms with Crippen molar-refractivity contribution in [1.82, 2.24) is 23.7 Å². The molecule has 0 radical (unpaired) electrons. The third kappa shape index (κ3) is 4.76. The highest BCUT2D eigenvalue weighted by molar-refractivity contribution is 7.90. The van der Waals surface area contributed by atoms with E-state index in [0.29, 0.717) is 18.9 Å². The summed E-state index contributed by atoms with van der Waals surface area (Å²) in [5.41, 5.74) is -3.40. The molecular formula is C21H19F3N6O5S. The average molecular weight is 524 g/mol. The van der Waals surface area contributed by atoms with E-state index in [1.54, 1.807) is 0 Å². The van der Waals surface area contributed by atoms with Crippen LogP contribution in [0, 0.1) is 17.8 Å². The topological polar surface area (TPSA) is 138 Å². The molecule has 1 aliphatic carbocycles. The van der Waals surface area contributed by atoms with Gasteiger partial charge in [-0.25, -0.2) is 18.2 Å².